The van der Waals surface area contributed by atoms with E-state index in [4.69, 9.17) is 5.11 Å². The lowest BCUT2D eigenvalue weighted by atomic mass is 10.1. The molecule has 20 heavy (non-hydrogen) atoms. The van der Waals surface area contributed by atoms with E-state index in [0.717, 1.165) is 12.3 Å². The Morgan fingerprint density at radius 3 is 2.80 bits per heavy atom. The second-order valence-corrected chi connectivity index (χ2v) is 6.40. The van der Waals surface area contributed by atoms with Crippen LogP contribution in [-0.2, 0) is 14.8 Å². The fourth-order valence-corrected chi connectivity index (χ4v) is 3.30. The van der Waals surface area contributed by atoms with Crippen molar-refractivity contribution in [2.45, 2.75) is 23.8 Å². The summed E-state index contributed by atoms with van der Waals surface area (Å²) in [4.78, 5) is 25.8. The van der Waals surface area contributed by atoms with Gasteiger partial charge < -0.3 is 15.0 Å². The van der Waals surface area contributed by atoms with Crippen molar-refractivity contribution < 1.29 is 23.1 Å². The van der Waals surface area contributed by atoms with E-state index in [1.165, 1.54) is 4.90 Å². The SMILES string of the molecule is CN1CC(NS(=O)(=O)c2c[nH]c(C(=O)O)c2)CCC1=O. The van der Waals surface area contributed by atoms with Crippen LogP contribution in [0.3, 0.4) is 0 Å². The molecule has 9 heteroatoms. The maximum absolute atomic E-state index is 12.1. The van der Waals surface area contributed by atoms with Crippen LogP contribution < -0.4 is 4.72 Å². The first-order chi connectivity index (χ1) is 9.29. The van der Waals surface area contributed by atoms with Gasteiger partial charge in [0.05, 0.1) is 0 Å². The number of carboxylic acid groups (broad SMARTS) is 1. The molecule has 8 nitrogen and oxygen atoms in total. The van der Waals surface area contributed by atoms with Crippen LogP contribution in [0, 0.1) is 0 Å². The largest absolute Gasteiger partial charge is 0.477 e. The van der Waals surface area contributed by atoms with Crippen molar-refractivity contribution in [3.8, 4) is 0 Å². The van der Waals surface area contributed by atoms with Gasteiger partial charge in [0.25, 0.3) is 0 Å². The Morgan fingerprint density at radius 1 is 1.55 bits per heavy atom. The monoisotopic (exact) mass is 301 g/mol. The molecule has 0 spiro atoms. The molecule has 1 fully saturated rings. The number of nitrogens with one attached hydrogen (secondary N) is 2. The number of hydrogen-bond donors (Lipinski definition) is 3. The molecular formula is C11H15N3O5S. The third-order valence-electron chi connectivity index (χ3n) is 3.15. The summed E-state index contributed by atoms with van der Waals surface area (Å²) < 4.78 is 26.7. The number of hydrogen-bond acceptors (Lipinski definition) is 4. The van der Waals surface area contributed by atoms with Crippen LogP contribution in [0.1, 0.15) is 23.3 Å². The summed E-state index contributed by atoms with van der Waals surface area (Å²) in [6.45, 7) is 0.300. The van der Waals surface area contributed by atoms with Crippen LogP contribution >= 0.6 is 0 Å². The lowest BCUT2D eigenvalue weighted by molar-refractivity contribution is -0.132. The minimum atomic E-state index is -3.80. The molecule has 1 unspecified atom stereocenters. The van der Waals surface area contributed by atoms with Gasteiger partial charge in [0.15, 0.2) is 0 Å². The van der Waals surface area contributed by atoms with Gasteiger partial charge in [0.2, 0.25) is 15.9 Å². The lowest BCUT2D eigenvalue weighted by Crippen LogP contribution is -2.48. The third-order valence-corrected chi connectivity index (χ3v) is 4.65. The average Bonchev–Trinajstić information content (AvgIpc) is 2.84. The number of likely N-dealkylation sites (tertiary alicyclic amines) is 1. The zero-order valence-corrected chi connectivity index (χ0v) is 11.6. The van der Waals surface area contributed by atoms with Crippen molar-refractivity contribution in [2.75, 3.05) is 13.6 Å². The Balaban J connectivity index is 2.11. The standard InChI is InChI=1S/C11H15N3O5S/c1-14-6-7(2-3-10(14)15)13-20(18,19)8-4-9(11(16)17)12-5-8/h4-5,7,12-13H,2-3,6H2,1H3,(H,16,17). The number of sulfonamides is 1. The highest BCUT2D eigenvalue weighted by molar-refractivity contribution is 7.89. The summed E-state index contributed by atoms with van der Waals surface area (Å²) >= 11 is 0. The molecule has 1 aliphatic rings. The van der Waals surface area contributed by atoms with Gasteiger partial charge in [-0.2, -0.15) is 0 Å². The van der Waals surface area contributed by atoms with Gasteiger partial charge >= 0.3 is 5.97 Å². The molecule has 3 N–H and O–H groups in total. The number of piperidine rings is 1. The smallest absolute Gasteiger partial charge is 0.352 e. The highest BCUT2D eigenvalue weighted by Gasteiger charge is 2.28. The maximum Gasteiger partial charge on any atom is 0.352 e. The number of carbonyl (C=O) groups excluding carboxylic acids is 1. The van der Waals surface area contributed by atoms with Crippen LogP contribution in [0.4, 0.5) is 0 Å². The summed E-state index contributed by atoms with van der Waals surface area (Å²) in [5.74, 6) is -1.25. The number of amides is 1. The van der Waals surface area contributed by atoms with E-state index in [1.807, 2.05) is 0 Å². The number of rotatable bonds is 4. The lowest BCUT2D eigenvalue weighted by Gasteiger charge is -2.29. The van der Waals surface area contributed by atoms with Crippen molar-refractivity contribution in [3.05, 3.63) is 18.0 Å². The number of carbonyl (C=O) groups is 2. The molecule has 0 radical (unpaired) electrons. The predicted molar refractivity (Wildman–Crippen MR) is 68.7 cm³/mol. The van der Waals surface area contributed by atoms with E-state index in [2.05, 4.69) is 9.71 Å². The van der Waals surface area contributed by atoms with Crippen molar-refractivity contribution in [1.82, 2.24) is 14.6 Å². The highest BCUT2D eigenvalue weighted by atomic mass is 32.2. The molecule has 0 aliphatic carbocycles. The van der Waals surface area contributed by atoms with Crippen molar-refractivity contribution >= 4 is 21.9 Å². The second kappa shape index (κ2) is 5.25. The van der Waals surface area contributed by atoms with Crippen LogP contribution in [0.15, 0.2) is 17.2 Å². The normalized spacial score (nSPS) is 20.1. The summed E-state index contributed by atoms with van der Waals surface area (Å²) in [6.07, 6.45) is 1.85. The van der Waals surface area contributed by atoms with E-state index in [-0.39, 0.29) is 29.0 Å². The summed E-state index contributed by atoms with van der Waals surface area (Å²) in [6, 6.07) is 0.688. The molecule has 110 valence electrons. The number of aromatic carboxylic acids is 1. The Hall–Kier alpha value is -1.87. The van der Waals surface area contributed by atoms with Gasteiger partial charge in [-0.25, -0.2) is 17.9 Å². The molecule has 1 aromatic heterocycles. The molecule has 1 aliphatic heterocycles. The van der Waals surface area contributed by atoms with Gasteiger partial charge in [0, 0.05) is 32.3 Å². The van der Waals surface area contributed by atoms with Crippen LogP contribution in [0.2, 0.25) is 0 Å². The number of aromatic nitrogens is 1. The highest BCUT2D eigenvalue weighted by Crippen LogP contribution is 2.15. The Morgan fingerprint density at radius 2 is 2.25 bits per heavy atom. The Kier molecular flexibility index (Phi) is 3.82. The summed E-state index contributed by atoms with van der Waals surface area (Å²) in [5, 5.41) is 8.76. The second-order valence-electron chi connectivity index (χ2n) is 4.69. The van der Waals surface area contributed by atoms with Gasteiger partial charge in [-0.15, -0.1) is 0 Å². The first-order valence-corrected chi connectivity index (χ1v) is 7.46. The van der Waals surface area contributed by atoms with Crippen molar-refractivity contribution in [1.29, 1.82) is 0 Å². The minimum absolute atomic E-state index is 0.0183. The van der Waals surface area contributed by atoms with Gasteiger partial charge in [0.1, 0.15) is 10.6 Å². The molecule has 1 atom stereocenters. The number of H-pyrrole nitrogens is 1. The minimum Gasteiger partial charge on any atom is -0.477 e. The van der Waals surface area contributed by atoms with Gasteiger partial charge in [-0.05, 0) is 12.5 Å². The van der Waals surface area contributed by atoms with Crippen LogP contribution in [0.25, 0.3) is 0 Å². The first-order valence-electron chi connectivity index (χ1n) is 5.97. The quantitative estimate of drug-likeness (QED) is 0.700. The molecule has 0 aromatic carbocycles. The molecule has 1 aromatic rings. The maximum atomic E-state index is 12.1. The Bertz CT molecular complexity index is 636. The average molecular weight is 301 g/mol. The number of nitrogens with zero attached hydrogens (tertiary/aromatic N) is 1. The van der Waals surface area contributed by atoms with E-state index >= 15 is 0 Å². The van der Waals surface area contributed by atoms with Gasteiger partial charge in [-0.1, -0.05) is 0 Å². The predicted octanol–water partition coefficient (Wildman–Crippen LogP) is -0.388. The molecular weight excluding hydrogens is 286 g/mol. The molecule has 0 saturated carbocycles. The van der Waals surface area contributed by atoms with E-state index in [1.54, 1.807) is 7.05 Å². The van der Waals surface area contributed by atoms with Crippen LogP contribution in [0.5, 0.6) is 0 Å². The van der Waals surface area contributed by atoms with Crippen LogP contribution in [-0.4, -0.2) is 54.9 Å². The first kappa shape index (κ1) is 14.5. The summed E-state index contributed by atoms with van der Waals surface area (Å²) in [7, 11) is -2.18. The molecule has 2 rings (SSSR count). The van der Waals surface area contributed by atoms with E-state index in [9.17, 15) is 18.0 Å². The topological polar surface area (TPSA) is 120 Å². The zero-order valence-electron chi connectivity index (χ0n) is 10.8. The fraction of sp³-hybridized carbons (Fsp3) is 0.455. The fourth-order valence-electron chi connectivity index (χ4n) is 2.05. The van der Waals surface area contributed by atoms with Crippen molar-refractivity contribution in [2.24, 2.45) is 0 Å². The molecule has 2 heterocycles. The number of aromatic amines is 1. The summed E-state index contributed by atoms with van der Waals surface area (Å²) in [5.41, 5.74) is -0.193. The van der Waals surface area contributed by atoms with E-state index < -0.39 is 16.0 Å². The number of carboxylic acids is 1. The Labute approximate surface area is 115 Å². The van der Waals surface area contributed by atoms with Crippen molar-refractivity contribution in [3.63, 3.8) is 0 Å². The van der Waals surface area contributed by atoms with E-state index in [0.29, 0.717) is 13.0 Å². The molecule has 1 saturated heterocycles. The zero-order chi connectivity index (χ0) is 14.9. The number of likely N-dealkylation sites (N-methyl/N-ethyl adjacent to an activating group) is 1. The molecule has 0 bridgehead atoms. The third kappa shape index (κ3) is 2.99. The van der Waals surface area contributed by atoms with Gasteiger partial charge in [-0.3, -0.25) is 4.79 Å². The molecule has 1 amide bonds.